The summed E-state index contributed by atoms with van der Waals surface area (Å²) in [5.41, 5.74) is -1.00. The van der Waals surface area contributed by atoms with E-state index < -0.39 is 5.60 Å². The average molecular weight is 349 g/mol. The SMILES string of the molecule is CN(C[C@]1(O)CCCN(c2ccc(F)cn2)C1)C(=O)c1cccs1. The maximum Gasteiger partial charge on any atom is 0.263 e. The van der Waals surface area contributed by atoms with Gasteiger partial charge in [0.15, 0.2) is 0 Å². The van der Waals surface area contributed by atoms with Crippen LogP contribution in [0.3, 0.4) is 0 Å². The van der Waals surface area contributed by atoms with E-state index in [9.17, 15) is 14.3 Å². The van der Waals surface area contributed by atoms with E-state index in [-0.39, 0.29) is 18.3 Å². The Labute approximate surface area is 144 Å². The van der Waals surface area contributed by atoms with Crippen molar-refractivity contribution < 1.29 is 14.3 Å². The van der Waals surface area contributed by atoms with Gasteiger partial charge >= 0.3 is 0 Å². The molecule has 1 fully saturated rings. The molecular weight excluding hydrogens is 329 g/mol. The number of carbonyl (C=O) groups is 1. The van der Waals surface area contributed by atoms with Gasteiger partial charge in [-0.3, -0.25) is 4.79 Å². The van der Waals surface area contributed by atoms with Crippen molar-refractivity contribution in [3.8, 4) is 0 Å². The van der Waals surface area contributed by atoms with Gasteiger partial charge in [-0.05, 0) is 36.4 Å². The molecule has 128 valence electrons. The second kappa shape index (κ2) is 6.86. The number of aromatic nitrogens is 1. The molecule has 0 radical (unpaired) electrons. The Kier molecular flexibility index (Phi) is 4.82. The fourth-order valence-electron chi connectivity index (χ4n) is 3.09. The standard InChI is InChI=1S/C17H20FN3O2S/c1-20(16(22)14-4-2-9-24-14)11-17(23)7-3-8-21(12-17)15-6-5-13(18)10-19-15/h2,4-6,9-10,23H,3,7-8,11-12H2,1H3/t17-/m1/s1. The van der Waals surface area contributed by atoms with Gasteiger partial charge in [-0.15, -0.1) is 11.3 Å². The Bertz CT molecular complexity index is 692. The highest BCUT2D eigenvalue weighted by Crippen LogP contribution is 2.26. The largest absolute Gasteiger partial charge is 0.386 e. The number of halogens is 1. The first kappa shape index (κ1) is 16.9. The molecule has 0 saturated carbocycles. The molecule has 2 aromatic heterocycles. The van der Waals surface area contributed by atoms with E-state index in [0.717, 1.165) is 13.0 Å². The fraction of sp³-hybridized carbons (Fsp3) is 0.412. The van der Waals surface area contributed by atoms with Gasteiger partial charge in [0.05, 0.1) is 23.2 Å². The van der Waals surface area contributed by atoms with Crippen LogP contribution in [0.15, 0.2) is 35.8 Å². The van der Waals surface area contributed by atoms with Crippen molar-refractivity contribution in [1.82, 2.24) is 9.88 Å². The first-order valence-electron chi connectivity index (χ1n) is 7.85. The quantitative estimate of drug-likeness (QED) is 0.921. The summed E-state index contributed by atoms with van der Waals surface area (Å²) < 4.78 is 13.0. The second-order valence-corrected chi connectivity index (χ2v) is 7.17. The van der Waals surface area contributed by atoms with Crippen LogP contribution in [-0.2, 0) is 0 Å². The molecular formula is C17H20FN3O2S. The van der Waals surface area contributed by atoms with Crippen LogP contribution in [0, 0.1) is 5.82 Å². The van der Waals surface area contributed by atoms with Crippen molar-refractivity contribution in [3.63, 3.8) is 0 Å². The first-order valence-corrected chi connectivity index (χ1v) is 8.73. The van der Waals surface area contributed by atoms with E-state index in [1.165, 1.54) is 23.6 Å². The van der Waals surface area contributed by atoms with Gasteiger partial charge in [0.2, 0.25) is 0 Å². The van der Waals surface area contributed by atoms with E-state index in [0.29, 0.717) is 23.7 Å². The minimum atomic E-state index is -1.00. The first-order chi connectivity index (χ1) is 11.5. The highest BCUT2D eigenvalue weighted by Gasteiger charge is 2.36. The molecule has 1 aliphatic rings. The van der Waals surface area contributed by atoms with Gasteiger partial charge in [-0.1, -0.05) is 6.07 Å². The Morgan fingerprint density at radius 3 is 3.00 bits per heavy atom. The van der Waals surface area contributed by atoms with Crippen molar-refractivity contribution in [1.29, 1.82) is 0 Å². The number of carbonyl (C=O) groups excluding carboxylic acids is 1. The molecule has 1 aliphatic heterocycles. The van der Waals surface area contributed by atoms with Gasteiger partial charge < -0.3 is 14.9 Å². The molecule has 2 aromatic rings. The van der Waals surface area contributed by atoms with E-state index in [1.807, 2.05) is 16.3 Å². The second-order valence-electron chi connectivity index (χ2n) is 6.22. The van der Waals surface area contributed by atoms with Crippen molar-refractivity contribution in [3.05, 3.63) is 46.5 Å². The van der Waals surface area contributed by atoms with Gasteiger partial charge in [-0.2, -0.15) is 0 Å². The molecule has 0 aromatic carbocycles. The van der Waals surface area contributed by atoms with Crippen molar-refractivity contribution in [2.24, 2.45) is 0 Å². The molecule has 7 heteroatoms. The third-order valence-electron chi connectivity index (χ3n) is 4.20. The normalized spacial score (nSPS) is 20.9. The number of β-amino-alcohol motifs (C(OH)–C–C–N with tert-alkyl or cyclic N) is 1. The third-order valence-corrected chi connectivity index (χ3v) is 5.06. The number of likely N-dealkylation sites (N-methyl/N-ethyl adjacent to an activating group) is 1. The topological polar surface area (TPSA) is 56.7 Å². The number of pyridine rings is 1. The van der Waals surface area contributed by atoms with E-state index in [1.54, 1.807) is 24.1 Å². The average Bonchev–Trinajstić information content (AvgIpc) is 3.08. The smallest absolute Gasteiger partial charge is 0.263 e. The lowest BCUT2D eigenvalue weighted by Gasteiger charge is -2.41. The minimum absolute atomic E-state index is 0.0875. The zero-order chi connectivity index (χ0) is 17.2. The van der Waals surface area contributed by atoms with Crippen LogP contribution in [0.4, 0.5) is 10.2 Å². The van der Waals surface area contributed by atoms with E-state index in [2.05, 4.69) is 4.98 Å². The zero-order valence-electron chi connectivity index (χ0n) is 13.5. The van der Waals surface area contributed by atoms with Crippen LogP contribution in [0.2, 0.25) is 0 Å². The Morgan fingerprint density at radius 1 is 1.50 bits per heavy atom. The lowest BCUT2D eigenvalue weighted by atomic mass is 9.92. The summed E-state index contributed by atoms with van der Waals surface area (Å²) in [5.74, 6) is 0.171. The number of rotatable bonds is 4. The summed E-state index contributed by atoms with van der Waals surface area (Å²) in [5, 5.41) is 12.8. The van der Waals surface area contributed by atoms with Crippen LogP contribution in [0.25, 0.3) is 0 Å². The number of piperidine rings is 1. The molecule has 0 bridgehead atoms. The molecule has 3 rings (SSSR count). The number of anilines is 1. The van der Waals surface area contributed by atoms with Crippen LogP contribution in [0.1, 0.15) is 22.5 Å². The maximum atomic E-state index is 13.0. The summed E-state index contributed by atoms with van der Waals surface area (Å²) >= 11 is 1.39. The zero-order valence-corrected chi connectivity index (χ0v) is 14.3. The summed E-state index contributed by atoms with van der Waals surface area (Å²) in [4.78, 5) is 20.6. The predicted octanol–water partition coefficient (Wildman–Crippen LogP) is 2.39. The number of hydrogen-bond donors (Lipinski definition) is 1. The fourth-order valence-corrected chi connectivity index (χ4v) is 3.81. The number of nitrogens with zero attached hydrogens (tertiary/aromatic N) is 3. The van der Waals surface area contributed by atoms with Gasteiger partial charge in [-0.25, -0.2) is 9.37 Å². The molecule has 3 heterocycles. The predicted molar refractivity (Wildman–Crippen MR) is 91.9 cm³/mol. The van der Waals surface area contributed by atoms with Crippen molar-refractivity contribution >= 4 is 23.1 Å². The molecule has 1 saturated heterocycles. The number of thiophene rings is 1. The highest BCUT2D eigenvalue weighted by atomic mass is 32.1. The molecule has 0 unspecified atom stereocenters. The molecule has 1 atom stereocenters. The molecule has 0 aliphatic carbocycles. The molecule has 1 amide bonds. The van der Waals surface area contributed by atoms with Crippen LogP contribution >= 0.6 is 11.3 Å². The summed E-state index contributed by atoms with van der Waals surface area (Å²) in [7, 11) is 1.70. The molecule has 0 spiro atoms. The van der Waals surface area contributed by atoms with Crippen molar-refractivity contribution in [2.45, 2.75) is 18.4 Å². The van der Waals surface area contributed by atoms with Gasteiger partial charge in [0.25, 0.3) is 5.91 Å². The van der Waals surface area contributed by atoms with E-state index in [4.69, 9.17) is 0 Å². The number of hydrogen-bond acceptors (Lipinski definition) is 5. The monoisotopic (exact) mass is 349 g/mol. The van der Waals surface area contributed by atoms with Gasteiger partial charge in [0.1, 0.15) is 11.6 Å². The molecule has 5 nitrogen and oxygen atoms in total. The van der Waals surface area contributed by atoms with Crippen molar-refractivity contribution in [2.75, 3.05) is 31.6 Å². The maximum absolute atomic E-state index is 13.0. The highest BCUT2D eigenvalue weighted by molar-refractivity contribution is 7.12. The van der Waals surface area contributed by atoms with Gasteiger partial charge in [0, 0.05) is 20.1 Å². The summed E-state index contributed by atoms with van der Waals surface area (Å²) in [6.45, 7) is 1.37. The van der Waals surface area contributed by atoms with E-state index >= 15 is 0 Å². The Morgan fingerprint density at radius 2 is 2.33 bits per heavy atom. The third kappa shape index (κ3) is 3.73. The summed E-state index contributed by atoms with van der Waals surface area (Å²) in [6, 6.07) is 6.59. The lowest BCUT2D eigenvalue weighted by molar-refractivity contribution is -0.0000117. The molecule has 24 heavy (non-hydrogen) atoms. The Hall–Kier alpha value is -1.99. The lowest BCUT2D eigenvalue weighted by Crippen LogP contribution is -2.54. The number of amides is 1. The van der Waals surface area contributed by atoms with Crippen LogP contribution in [-0.4, -0.2) is 53.2 Å². The summed E-state index contributed by atoms with van der Waals surface area (Å²) in [6.07, 6.45) is 2.58. The molecule has 1 N–H and O–H groups in total. The van der Waals surface area contributed by atoms with Crippen LogP contribution < -0.4 is 4.90 Å². The minimum Gasteiger partial charge on any atom is -0.386 e. The number of aliphatic hydroxyl groups is 1. The van der Waals surface area contributed by atoms with Crippen LogP contribution in [0.5, 0.6) is 0 Å². The Balaban J connectivity index is 1.68.